The van der Waals surface area contributed by atoms with Crippen LogP contribution in [0.25, 0.3) is 0 Å². The lowest BCUT2D eigenvalue weighted by Crippen LogP contribution is -2.57. The molecule has 196 valence electrons. The molecule has 0 radical (unpaired) electrons. The molecular weight excluding hydrogens is 462 g/mol. The second-order valence-corrected chi connectivity index (χ2v) is 11.6. The third-order valence-corrected chi connectivity index (χ3v) is 7.62. The number of carbonyl (C=O) groups excluding carboxylic acids is 3. The zero-order valence-electron chi connectivity index (χ0n) is 21.4. The lowest BCUT2D eigenvalue weighted by atomic mass is 9.84. The highest BCUT2D eigenvalue weighted by molar-refractivity contribution is 5.93. The Morgan fingerprint density at radius 3 is 2.39 bits per heavy atom. The van der Waals surface area contributed by atoms with Crippen LogP contribution in [0.2, 0.25) is 0 Å². The highest BCUT2D eigenvalue weighted by atomic mass is 16.6. The number of nitrogens with zero attached hydrogens (tertiary/aromatic N) is 2. The first kappa shape index (κ1) is 26.0. The molecular formula is C27H37N3O6. The smallest absolute Gasteiger partial charge is 0.415 e. The number of hydrogen-bond donors (Lipinski definition) is 2. The summed E-state index contributed by atoms with van der Waals surface area (Å²) in [6, 6.07) is 6.97. The van der Waals surface area contributed by atoms with E-state index in [1.165, 1.54) is 16.2 Å². The molecule has 0 bridgehead atoms. The molecule has 1 aromatic carbocycles. The normalized spacial score (nSPS) is 25.6. The molecule has 2 N–H and O–H groups in total. The number of hydrogen-bond acceptors (Lipinski definition) is 5. The van der Waals surface area contributed by atoms with Crippen molar-refractivity contribution in [2.45, 2.75) is 83.4 Å². The molecule has 3 fully saturated rings. The minimum Gasteiger partial charge on any atom is -0.480 e. The van der Waals surface area contributed by atoms with Crippen LogP contribution in [0.1, 0.15) is 65.7 Å². The van der Waals surface area contributed by atoms with Gasteiger partial charge in [0.05, 0.1) is 13.1 Å². The van der Waals surface area contributed by atoms with E-state index in [2.05, 4.69) is 5.32 Å². The Balaban J connectivity index is 1.52. The zero-order valence-corrected chi connectivity index (χ0v) is 21.4. The van der Waals surface area contributed by atoms with Gasteiger partial charge in [-0.1, -0.05) is 58.2 Å². The number of benzene rings is 1. The lowest BCUT2D eigenvalue weighted by Gasteiger charge is -2.35. The van der Waals surface area contributed by atoms with Gasteiger partial charge in [0.1, 0.15) is 12.1 Å². The summed E-state index contributed by atoms with van der Waals surface area (Å²) >= 11 is 0. The highest BCUT2D eigenvalue weighted by Gasteiger charge is 2.57. The number of aliphatic carboxylic acids is 1. The third kappa shape index (κ3) is 5.50. The van der Waals surface area contributed by atoms with E-state index in [1.54, 1.807) is 12.1 Å². The standard InChI is InChI=1S/C27H37N3O6/c1-26(2,3)22(28-21(31)14-18-10-6-4-7-11-18)23(32)30-17-27(15-20(30)24(33)34)16-29(25(35)36-27)19-12-8-5-9-13-19/h5,8-9,12-13,18,20,22H,4,6-7,10-11,14-17H2,1-3H3,(H,28,31)(H,33,34)/t20?,22-,27?/m1/s1. The van der Waals surface area contributed by atoms with Gasteiger partial charge >= 0.3 is 12.1 Å². The summed E-state index contributed by atoms with van der Waals surface area (Å²) in [6.45, 7) is 5.67. The molecule has 3 amide bonds. The zero-order chi connectivity index (χ0) is 26.1. The molecule has 2 heterocycles. The summed E-state index contributed by atoms with van der Waals surface area (Å²) in [7, 11) is 0. The molecule has 2 aliphatic heterocycles. The van der Waals surface area contributed by atoms with Gasteiger partial charge < -0.3 is 20.1 Å². The molecule has 0 aromatic heterocycles. The number of carboxylic acid groups (broad SMARTS) is 1. The Bertz CT molecular complexity index is 1000. The maximum Gasteiger partial charge on any atom is 0.415 e. The topological polar surface area (TPSA) is 116 Å². The summed E-state index contributed by atoms with van der Waals surface area (Å²) in [5.41, 5.74) is -1.11. The first-order valence-corrected chi connectivity index (χ1v) is 12.9. The van der Waals surface area contributed by atoms with Crippen LogP contribution < -0.4 is 10.2 Å². The lowest BCUT2D eigenvalue weighted by molar-refractivity contribution is -0.150. The number of anilines is 1. The van der Waals surface area contributed by atoms with Crippen molar-refractivity contribution >= 4 is 29.6 Å². The number of nitrogens with one attached hydrogen (secondary N) is 1. The van der Waals surface area contributed by atoms with Gasteiger partial charge in [0.2, 0.25) is 11.8 Å². The maximum absolute atomic E-state index is 13.8. The maximum atomic E-state index is 13.8. The monoisotopic (exact) mass is 499 g/mol. The fourth-order valence-electron chi connectivity index (χ4n) is 5.71. The molecule has 1 aliphatic carbocycles. The summed E-state index contributed by atoms with van der Waals surface area (Å²) in [5, 5.41) is 12.9. The second-order valence-electron chi connectivity index (χ2n) is 11.6. The number of carbonyl (C=O) groups is 4. The molecule has 1 aromatic rings. The van der Waals surface area contributed by atoms with Crippen LogP contribution in [0, 0.1) is 11.3 Å². The van der Waals surface area contributed by atoms with E-state index in [4.69, 9.17) is 4.74 Å². The van der Waals surface area contributed by atoms with Crippen molar-refractivity contribution in [3.8, 4) is 0 Å². The predicted octanol–water partition coefficient (Wildman–Crippen LogP) is 3.57. The minimum absolute atomic E-state index is 0.00394. The van der Waals surface area contributed by atoms with E-state index >= 15 is 0 Å². The van der Waals surface area contributed by atoms with Crippen molar-refractivity contribution in [1.29, 1.82) is 0 Å². The fraction of sp³-hybridized carbons (Fsp3) is 0.630. The Labute approximate surface area is 212 Å². The quantitative estimate of drug-likeness (QED) is 0.618. The van der Waals surface area contributed by atoms with Crippen LogP contribution >= 0.6 is 0 Å². The SMILES string of the molecule is CC(C)(C)[C@H](NC(=O)CC1CCCCC1)C(=O)N1CC2(CC1C(=O)O)CN(c1ccccc1)C(=O)O2. The Hall–Kier alpha value is -3.10. The average Bonchev–Trinajstić information content (AvgIpc) is 3.37. The molecule has 2 saturated heterocycles. The summed E-state index contributed by atoms with van der Waals surface area (Å²) in [4.78, 5) is 54.4. The number of amides is 3. The van der Waals surface area contributed by atoms with Crippen LogP contribution in [0.5, 0.6) is 0 Å². The van der Waals surface area contributed by atoms with Gasteiger partial charge in [-0.15, -0.1) is 0 Å². The first-order valence-electron chi connectivity index (χ1n) is 12.9. The van der Waals surface area contributed by atoms with Crippen molar-refractivity contribution in [3.63, 3.8) is 0 Å². The average molecular weight is 500 g/mol. The van der Waals surface area contributed by atoms with E-state index < -0.39 is 41.1 Å². The van der Waals surface area contributed by atoms with E-state index in [0.29, 0.717) is 18.0 Å². The second kappa shape index (κ2) is 10.1. The number of rotatable bonds is 6. The van der Waals surface area contributed by atoms with Crippen LogP contribution in [0.4, 0.5) is 10.5 Å². The van der Waals surface area contributed by atoms with E-state index in [9.17, 15) is 24.3 Å². The largest absolute Gasteiger partial charge is 0.480 e. The number of likely N-dealkylation sites (tertiary alicyclic amines) is 1. The molecule has 9 heteroatoms. The third-order valence-electron chi connectivity index (χ3n) is 7.62. The van der Waals surface area contributed by atoms with Gasteiger partial charge in [-0.2, -0.15) is 0 Å². The highest BCUT2D eigenvalue weighted by Crippen LogP contribution is 2.39. The minimum atomic E-state index is -1.16. The molecule has 9 nitrogen and oxygen atoms in total. The first-order chi connectivity index (χ1) is 17.0. The van der Waals surface area contributed by atoms with Gasteiger partial charge in [0.25, 0.3) is 0 Å². The molecule has 1 spiro atoms. The number of carboxylic acids is 1. The van der Waals surface area contributed by atoms with Gasteiger partial charge in [-0.05, 0) is 36.3 Å². The van der Waals surface area contributed by atoms with Gasteiger partial charge in [0, 0.05) is 18.5 Å². The van der Waals surface area contributed by atoms with Crippen molar-refractivity contribution < 1.29 is 29.0 Å². The van der Waals surface area contributed by atoms with Crippen LogP contribution in [0.15, 0.2) is 30.3 Å². The molecule has 3 atom stereocenters. The van der Waals surface area contributed by atoms with Crippen molar-refractivity contribution in [2.24, 2.45) is 11.3 Å². The van der Waals surface area contributed by atoms with E-state index in [1.807, 2.05) is 39.0 Å². The molecule has 2 unspecified atom stereocenters. The van der Waals surface area contributed by atoms with Crippen LogP contribution in [-0.2, 0) is 19.1 Å². The Morgan fingerprint density at radius 1 is 1.11 bits per heavy atom. The van der Waals surface area contributed by atoms with E-state index in [-0.39, 0.29) is 25.4 Å². The molecule has 36 heavy (non-hydrogen) atoms. The van der Waals surface area contributed by atoms with Gasteiger partial charge in [-0.3, -0.25) is 14.5 Å². The summed E-state index contributed by atoms with van der Waals surface area (Å²) < 4.78 is 5.73. The molecule has 3 aliphatic rings. The van der Waals surface area contributed by atoms with Crippen molar-refractivity contribution in [3.05, 3.63) is 30.3 Å². The van der Waals surface area contributed by atoms with Gasteiger partial charge in [0.15, 0.2) is 5.60 Å². The predicted molar refractivity (Wildman–Crippen MR) is 133 cm³/mol. The number of ether oxygens (including phenoxy) is 1. The van der Waals surface area contributed by atoms with E-state index in [0.717, 1.165) is 25.7 Å². The van der Waals surface area contributed by atoms with Crippen molar-refractivity contribution in [2.75, 3.05) is 18.0 Å². The molecule has 1 saturated carbocycles. The Kier molecular flexibility index (Phi) is 7.29. The van der Waals surface area contributed by atoms with Crippen LogP contribution in [0.3, 0.4) is 0 Å². The summed E-state index contributed by atoms with van der Waals surface area (Å²) in [6.07, 6.45) is 5.27. The van der Waals surface area contributed by atoms with Crippen molar-refractivity contribution in [1.82, 2.24) is 10.2 Å². The molecule has 4 rings (SSSR count). The Morgan fingerprint density at radius 2 is 1.78 bits per heavy atom. The number of para-hydroxylation sites is 1. The fourth-order valence-corrected chi connectivity index (χ4v) is 5.71. The van der Waals surface area contributed by atoms with Crippen LogP contribution in [-0.4, -0.2) is 64.7 Å². The van der Waals surface area contributed by atoms with Gasteiger partial charge in [-0.25, -0.2) is 9.59 Å². The summed E-state index contributed by atoms with van der Waals surface area (Å²) in [5.74, 6) is -1.48.